The molecule has 2 saturated carbocycles. The predicted octanol–water partition coefficient (Wildman–Crippen LogP) is 3.93. The largest absolute Gasteiger partial charge is 0.481 e. The molecule has 0 atom stereocenters. The lowest BCUT2D eigenvalue weighted by atomic mass is 9.83. The van der Waals surface area contributed by atoms with E-state index in [0.717, 1.165) is 63.2 Å². The van der Waals surface area contributed by atoms with Crippen LogP contribution in [0.3, 0.4) is 0 Å². The number of carboxylic acids is 1. The molecule has 0 bridgehead atoms. The SMILES string of the molecule is CC(C)(C)C(=O)NN.CC1CCC(C(=O)NNC(=O)C(C)(C)C)CC1.CC1CCC(C(=O)O)CC1. The molecule has 2 rings (SSSR count). The summed E-state index contributed by atoms with van der Waals surface area (Å²) in [6.45, 7) is 15.3. The summed E-state index contributed by atoms with van der Waals surface area (Å²) >= 11 is 0. The number of hydrogen-bond acceptors (Lipinski definition) is 5. The lowest BCUT2D eigenvalue weighted by molar-refractivity contribution is -0.143. The van der Waals surface area contributed by atoms with Crippen molar-refractivity contribution < 1.29 is 24.3 Å². The molecule has 9 heteroatoms. The molecule has 0 aromatic heterocycles. The maximum absolute atomic E-state index is 11.8. The quantitative estimate of drug-likeness (QED) is 0.221. The Labute approximate surface area is 211 Å². The zero-order valence-electron chi connectivity index (χ0n) is 23.1. The number of carbonyl (C=O) groups is 4. The highest BCUT2D eigenvalue weighted by Gasteiger charge is 2.26. The van der Waals surface area contributed by atoms with Crippen molar-refractivity contribution in [3.05, 3.63) is 0 Å². The van der Waals surface area contributed by atoms with Gasteiger partial charge in [0.2, 0.25) is 17.7 Å². The van der Waals surface area contributed by atoms with Gasteiger partial charge in [0.15, 0.2) is 0 Å². The Hall–Kier alpha value is -2.16. The van der Waals surface area contributed by atoms with E-state index in [2.05, 4.69) is 30.1 Å². The second kappa shape index (κ2) is 15.1. The van der Waals surface area contributed by atoms with Gasteiger partial charge in [0, 0.05) is 16.7 Å². The molecule has 0 heterocycles. The number of nitrogens with one attached hydrogen (secondary N) is 3. The van der Waals surface area contributed by atoms with Gasteiger partial charge in [0.05, 0.1) is 5.92 Å². The van der Waals surface area contributed by atoms with Crippen molar-refractivity contribution in [2.75, 3.05) is 0 Å². The van der Waals surface area contributed by atoms with Crippen LogP contribution < -0.4 is 22.1 Å². The van der Waals surface area contributed by atoms with E-state index in [1.807, 2.05) is 20.8 Å². The van der Waals surface area contributed by atoms with Crippen LogP contribution >= 0.6 is 0 Å². The standard InChI is InChI=1S/C13H24N2O2.C8H14O2.C5H12N2O/c1-9-5-7-10(8-6-9)11(16)14-15-12(17)13(2,3)4;1-6-2-4-7(5-3-6)8(9)10;1-5(2,3)4(8)7-6/h9-10H,5-8H2,1-4H3,(H,14,16)(H,15,17);6-7H,2-5H2,1H3,(H,9,10);6H2,1-3H3,(H,7,8). The van der Waals surface area contributed by atoms with Crippen molar-refractivity contribution >= 4 is 23.7 Å². The van der Waals surface area contributed by atoms with Crippen molar-refractivity contribution in [3.8, 4) is 0 Å². The molecule has 2 fully saturated rings. The molecule has 0 aromatic carbocycles. The Bertz CT molecular complexity index is 681. The van der Waals surface area contributed by atoms with Crippen LogP contribution in [0.15, 0.2) is 0 Å². The molecule has 0 aliphatic heterocycles. The summed E-state index contributed by atoms with van der Waals surface area (Å²) in [5.41, 5.74) is 6.25. The van der Waals surface area contributed by atoms with Crippen molar-refractivity contribution in [2.45, 2.75) is 107 Å². The van der Waals surface area contributed by atoms with Gasteiger partial charge in [-0.3, -0.25) is 35.5 Å². The third kappa shape index (κ3) is 14.1. The molecule has 2 aliphatic carbocycles. The molecule has 9 nitrogen and oxygen atoms in total. The van der Waals surface area contributed by atoms with Crippen LogP contribution in [0.4, 0.5) is 0 Å². The summed E-state index contributed by atoms with van der Waals surface area (Å²) in [6, 6.07) is 0. The van der Waals surface area contributed by atoms with Crippen LogP contribution in [0.2, 0.25) is 0 Å². The average Bonchev–Trinajstić information content (AvgIpc) is 2.77. The summed E-state index contributed by atoms with van der Waals surface area (Å²) in [5.74, 6) is 5.40. The summed E-state index contributed by atoms with van der Waals surface area (Å²) in [4.78, 5) is 44.4. The van der Waals surface area contributed by atoms with Gasteiger partial charge < -0.3 is 5.11 Å². The molecule has 0 spiro atoms. The number of hydrogen-bond donors (Lipinski definition) is 5. The highest BCUT2D eigenvalue weighted by atomic mass is 16.4. The molecule has 2 aliphatic rings. The van der Waals surface area contributed by atoms with Gasteiger partial charge in [-0.2, -0.15) is 0 Å². The maximum Gasteiger partial charge on any atom is 0.306 e. The summed E-state index contributed by atoms with van der Waals surface area (Å²) in [5, 5.41) is 8.62. The zero-order valence-corrected chi connectivity index (χ0v) is 23.1. The fourth-order valence-electron chi connectivity index (χ4n) is 3.65. The lowest BCUT2D eigenvalue weighted by Crippen LogP contribution is -2.48. The molecular formula is C26H50N4O5. The van der Waals surface area contributed by atoms with Crippen molar-refractivity contribution in [1.29, 1.82) is 0 Å². The number of amides is 3. The van der Waals surface area contributed by atoms with Crippen LogP contribution in [-0.2, 0) is 19.2 Å². The first-order chi connectivity index (χ1) is 16.0. The van der Waals surface area contributed by atoms with Gasteiger partial charge in [-0.25, -0.2) is 5.84 Å². The summed E-state index contributed by atoms with van der Waals surface area (Å²) < 4.78 is 0. The maximum atomic E-state index is 11.8. The van der Waals surface area contributed by atoms with Crippen LogP contribution in [0, 0.1) is 34.5 Å². The van der Waals surface area contributed by atoms with E-state index in [1.165, 1.54) is 0 Å². The van der Waals surface area contributed by atoms with Crippen LogP contribution in [-0.4, -0.2) is 28.8 Å². The molecule has 0 unspecified atom stereocenters. The van der Waals surface area contributed by atoms with Crippen molar-refractivity contribution in [2.24, 2.45) is 40.3 Å². The fraction of sp³-hybridized carbons (Fsp3) is 0.846. The number of hydrazine groups is 2. The first-order valence-corrected chi connectivity index (χ1v) is 12.8. The third-order valence-electron chi connectivity index (χ3n) is 6.54. The van der Waals surface area contributed by atoms with Gasteiger partial charge in [0.25, 0.3) is 0 Å². The molecule has 0 radical (unpaired) electrons. The minimum absolute atomic E-state index is 0.0452. The van der Waals surface area contributed by atoms with Gasteiger partial charge in [-0.15, -0.1) is 0 Å². The molecule has 0 aromatic rings. The van der Waals surface area contributed by atoms with Crippen LogP contribution in [0.1, 0.15) is 107 Å². The Morgan fingerprint density at radius 3 is 1.31 bits per heavy atom. The average molecular weight is 499 g/mol. The van der Waals surface area contributed by atoms with Crippen LogP contribution in [0.25, 0.3) is 0 Å². The van der Waals surface area contributed by atoms with Crippen LogP contribution in [0.5, 0.6) is 0 Å². The summed E-state index contributed by atoms with van der Waals surface area (Å²) in [6.07, 6.45) is 8.02. The Morgan fingerprint density at radius 2 is 1.03 bits per heavy atom. The minimum Gasteiger partial charge on any atom is -0.481 e. The monoisotopic (exact) mass is 498 g/mol. The Kier molecular flexibility index (Phi) is 14.1. The molecule has 0 saturated heterocycles. The molecule has 204 valence electrons. The smallest absolute Gasteiger partial charge is 0.306 e. The minimum atomic E-state index is -0.605. The van der Waals surface area contributed by atoms with E-state index in [1.54, 1.807) is 20.8 Å². The van der Waals surface area contributed by atoms with Gasteiger partial charge >= 0.3 is 5.97 Å². The Morgan fingerprint density at radius 1 is 0.657 bits per heavy atom. The number of aliphatic carboxylic acids is 1. The molecule has 35 heavy (non-hydrogen) atoms. The number of rotatable bonds is 2. The second-order valence-electron chi connectivity index (χ2n) is 12.2. The van der Waals surface area contributed by atoms with Crippen molar-refractivity contribution in [3.63, 3.8) is 0 Å². The van der Waals surface area contributed by atoms with Gasteiger partial charge in [0.1, 0.15) is 0 Å². The molecule has 3 amide bonds. The molecule has 6 N–H and O–H groups in total. The first-order valence-electron chi connectivity index (χ1n) is 12.8. The highest BCUT2D eigenvalue weighted by Crippen LogP contribution is 2.29. The highest BCUT2D eigenvalue weighted by molar-refractivity contribution is 5.85. The fourth-order valence-corrected chi connectivity index (χ4v) is 3.65. The number of carbonyl (C=O) groups excluding carboxylic acids is 3. The third-order valence-corrected chi connectivity index (χ3v) is 6.54. The number of carboxylic acid groups (broad SMARTS) is 1. The Balaban J connectivity index is 0.000000545. The summed E-state index contributed by atoms with van der Waals surface area (Å²) in [7, 11) is 0. The van der Waals surface area contributed by atoms with Crippen molar-refractivity contribution in [1.82, 2.24) is 16.3 Å². The normalized spacial score (nSPS) is 24.4. The zero-order chi connectivity index (χ0) is 27.4. The van der Waals surface area contributed by atoms with E-state index >= 15 is 0 Å². The second-order valence-corrected chi connectivity index (χ2v) is 12.2. The van der Waals surface area contributed by atoms with Gasteiger partial charge in [-0.1, -0.05) is 55.4 Å². The predicted molar refractivity (Wildman–Crippen MR) is 137 cm³/mol. The topological polar surface area (TPSA) is 151 Å². The lowest BCUT2D eigenvalue weighted by Gasteiger charge is -2.26. The number of nitrogens with two attached hydrogens (primary N) is 1. The van der Waals surface area contributed by atoms with E-state index < -0.39 is 11.4 Å². The van der Waals surface area contributed by atoms with Gasteiger partial charge in [-0.05, 0) is 63.2 Å². The molecular weight excluding hydrogens is 448 g/mol. The van der Waals surface area contributed by atoms with E-state index in [9.17, 15) is 19.2 Å². The van der Waals surface area contributed by atoms with E-state index in [0.29, 0.717) is 0 Å². The van der Waals surface area contributed by atoms with E-state index in [-0.39, 0.29) is 35.0 Å². The van der Waals surface area contributed by atoms with E-state index in [4.69, 9.17) is 10.9 Å². The first kappa shape index (κ1) is 32.8.